The standard InChI is InChI=1S/C70H44S3.C64H40/c1-4-16-46(17-5-1)61-38-39-64(71-61)49-30-34-51(35-31-49)68-55-24-12-10-22-53(55)67(54-23-11-13-25-56(54)68)50-32-28-45(29-33-50)52-36-37-59-60(44-52)70(66-43-41-63(73-66)48-20-8-3-9-21-48)58-27-15-14-26-57(58)69(59)65-42-40-62(72-65)47-18-6-2-7-19-47;1-3-17-46-38-48(34-28-41(46)14-1)62-57-25-11-12-26-58(57)64(49-35-29-42-15-2-4-18-47(42)39-49)60-40-50(36-37-59(60)62)63-55-23-9-7-21-53(55)61(54-22-8-10-24-56(54)63)45-32-30-44(31-33-45)52-27-13-19-43-16-5-6-20-51(43)52/h1-44H;1-40H. The molecular weight excluding hydrogens is 1710 g/mol. The Bertz CT molecular complexity index is 9310. The lowest BCUT2D eigenvalue weighted by molar-refractivity contribution is 1.63. The van der Waals surface area contributed by atoms with Crippen LogP contribution in [0.1, 0.15) is 0 Å². The van der Waals surface area contributed by atoms with Gasteiger partial charge in [0.05, 0.1) is 0 Å². The summed E-state index contributed by atoms with van der Waals surface area (Å²) in [7, 11) is 0. The Labute approximate surface area is 807 Å². The third-order valence-electron chi connectivity index (χ3n) is 28.0. The van der Waals surface area contributed by atoms with Gasteiger partial charge in [0.15, 0.2) is 0 Å². The molecule has 3 heteroatoms. The molecule has 27 rings (SSSR count). The smallest absolute Gasteiger partial charge is 0.0361 e. The van der Waals surface area contributed by atoms with Crippen LogP contribution in [0.3, 0.4) is 0 Å². The monoisotopic (exact) mass is 1790 g/mol. The molecule has 27 aromatic rings. The number of rotatable bonds is 14. The van der Waals surface area contributed by atoms with E-state index in [1.54, 1.807) is 0 Å². The molecule has 0 spiro atoms. The second-order valence-electron chi connectivity index (χ2n) is 35.8. The summed E-state index contributed by atoms with van der Waals surface area (Å²) in [5.41, 5.74) is 27.3. The molecule has 0 unspecified atom stereocenters. The van der Waals surface area contributed by atoms with Gasteiger partial charge < -0.3 is 0 Å². The lowest BCUT2D eigenvalue weighted by atomic mass is 9.82. The molecule has 0 aliphatic heterocycles. The zero-order valence-electron chi connectivity index (χ0n) is 74.7. The van der Waals surface area contributed by atoms with Gasteiger partial charge in [-0.25, -0.2) is 0 Å². The Morgan fingerprint density at radius 3 is 0.723 bits per heavy atom. The normalized spacial score (nSPS) is 11.6. The average molecular weight is 1790 g/mol. The molecule has 0 bridgehead atoms. The van der Waals surface area contributed by atoms with Crippen molar-refractivity contribution >= 4 is 153 Å². The first-order chi connectivity index (χ1) is 67.9. The van der Waals surface area contributed by atoms with Gasteiger partial charge in [-0.05, 0) is 290 Å². The van der Waals surface area contributed by atoms with E-state index in [4.69, 9.17) is 0 Å². The topological polar surface area (TPSA) is 0 Å². The molecule has 0 nitrogen and oxygen atoms in total. The molecule has 0 aliphatic carbocycles. The minimum absolute atomic E-state index is 1.19. The maximum Gasteiger partial charge on any atom is 0.0361 e. The van der Waals surface area contributed by atoms with Crippen molar-refractivity contribution in [2.45, 2.75) is 0 Å². The lowest BCUT2D eigenvalue weighted by Gasteiger charge is -2.21. The van der Waals surface area contributed by atoms with Crippen molar-refractivity contribution in [2.75, 3.05) is 0 Å². The summed E-state index contributed by atoms with van der Waals surface area (Å²) in [5.74, 6) is 0. The van der Waals surface area contributed by atoms with Crippen molar-refractivity contribution in [1.82, 2.24) is 0 Å². The largest absolute Gasteiger partial charge is 0.135 e. The van der Waals surface area contributed by atoms with E-state index in [9.17, 15) is 0 Å². The van der Waals surface area contributed by atoms with Gasteiger partial charge in [0.25, 0.3) is 0 Å². The van der Waals surface area contributed by atoms with Crippen LogP contribution in [0, 0.1) is 0 Å². The quantitative estimate of drug-likeness (QED) is 0.0952. The summed E-state index contributed by atoms with van der Waals surface area (Å²) in [6, 6.07) is 189. The van der Waals surface area contributed by atoms with Crippen molar-refractivity contribution in [2.24, 2.45) is 0 Å². The van der Waals surface area contributed by atoms with Gasteiger partial charge in [0.1, 0.15) is 0 Å². The van der Waals surface area contributed by atoms with Crippen LogP contribution in [0.5, 0.6) is 0 Å². The fourth-order valence-electron chi connectivity index (χ4n) is 21.7. The van der Waals surface area contributed by atoms with Crippen molar-refractivity contribution in [3.05, 3.63) is 510 Å². The predicted octanol–water partition coefficient (Wildman–Crippen LogP) is 39.6. The minimum Gasteiger partial charge on any atom is -0.135 e. The minimum atomic E-state index is 1.19. The van der Waals surface area contributed by atoms with Crippen LogP contribution in [0.4, 0.5) is 0 Å². The van der Waals surface area contributed by atoms with Gasteiger partial charge in [0, 0.05) is 40.4 Å². The number of hydrogen-bond acceptors (Lipinski definition) is 3. The van der Waals surface area contributed by atoms with Crippen LogP contribution < -0.4 is 0 Å². The number of fused-ring (bicyclic) bond motifs is 11. The summed E-state index contributed by atoms with van der Waals surface area (Å²) in [6.45, 7) is 0. The highest BCUT2D eigenvalue weighted by atomic mass is 32.1. The zero-order valence-corrected chi connectivity index (χ0v) is 77.2. The van der Waals surface area contributed by atoms with E-state index in [-0.39, 0.29) is 0 Å². The third kappa shape index (κ3) is 14.4. The fraction of sp³-hybridized carbons (Fsp3) is 0. The third-order valence-corrected chi connectivity index (χ3v) is 31.5. The van der Waals surface area contributed by atoms with Crippen molar-refractivity contribution < 1.29 is 0 Å². The van der Waals surface area contributed by atoms with Gasteiger partial charge in [-0.1, -0.05) is 449 Å². The van der Waals surface area contributed by atoms with Gasteiger partial charge in [0.2, 0.25) is 0 Å². The Morgan fingerprint density at radius 2 is 0.321 bits per heavy atom. The highest BCUT2D eigenvalue weighted by Crippen LogP contribution is 2.54. The molecule has 137 heavy (non-hydrogen) atoms. The first-order valence-corrected chi connectivity index (χ1v) is 49.5. The van der Waals surface area contributed by atoms with Crippen LogP contribution in [-0.2, 0) is 0 Å². The Balaban J connectivity index is 0.000000143. The molecule has 24 aromatic carbocycles. The molecule has 0 atom stereocenters. The van der Waals surface area contributed by atoms with E-state index < -0.39 is 0 Å². The zero-order chi connectivity index (χ0) is 90.4. The van der Waals surface area contributed by atoms with Crippen molar-refractivity contribution in [3.63, 3.8) is 0 Å². The van der Waals surface area contributed by atoms with Crippen LogP contribution in [0.25, 0.3) is 270 Å². The van der Waals surface area contributed by atoms with Crippen molar-refractivity contribution in [3.8, 4) is 152 Å². The predicted molar refractivity (Wildman–Crippen MR) is 595 cm³/mol. The molecular formula is C134H84S3. The van der Waals surface area contributed by atoms with E-state index in [2.05, 4.69) is 510 Å². The van der Waals surface area contributed by atoms with Gasteiger partial charge in [-0.15, -0.1) is 34.0 Å². The maximum absolute atomic E-state index is 2.49. The second-order valence-corrected chi connectivity index (χ2v) is 39.0. The first kappa shape index (κ1) is 81.0. The SMILES string of the molecule is c1ccc(-c2ccc(-c3ccc(-c4c5ccccc5c(-c5ccc(-c6ccc7c(-c8ccc(-c9ccccc9)s8)c8ccccc8c(-c8ccc(-c9ccccc9)s8)c7c6)cc5)c5ccccc45)cc3)s2)cc1.c1ccc2cc(-c3c4ccccc4c(-c4ccc5ccccc5c4)c4cc(-c5c6ccccc6c(-c6ccc(-c7cccc8ccccc78)cc6)c6ccccc56)ccc34)ccc2c1. The Kier molecular flexibility index (Phi) is 20.3. The van der Waals surface area contributed by atoms with Gasteiger partial charge in [-0.3, -0.25) is 0 Å². The van der Waals surface area contributed by atoms with Crippen LogP contribution in [-0.4, -0.2) is 0 Å². The average Bonchev–Trinajstić information content (AvgIpc) is 0.876. The highest BCUT2D eigenvalue weighted by Gasteiger charge is 2.26. The lowest BCUT2D eigenvalue weighted by Crippen LogP contribution is -1.94. The molecule has 0 fully saturated rings. The number of benzene rings is 24. The van der Waals surface area contributed by atoms with Crippen LogP contribution >= 0.6 is 34.0 Å². The molecule has 3 aromatic heterocycles. The molecule has 3 heterocycles. The molecule has 0 saturated carbocycles. The summed E-state index contributed by atoms with van der Waals surface area (Å²) in [5, 5.41) is 27.6. The van der Waals surface area contributed by atoms with Gasteiger partial charge in [-0.2, -0.15) is 0 Å². The molecule has 0 saturated heterocycles. The first-order valence-electron chi connectivity index (χ1n) is 47.0. The summed E-state index contributed by atoms with van der Waals surface area (Å²) in [4.78, 5) is 7.65. The second kappa shape index (κ2) is 34.4. The molecule has 638 valence electrons. The van der Waals surface area contributed by atoms with Crippen LogP contribution in [0.15, 0.2) is 510 Å². The summed E-state index contributed by atoms with van der Waals surface area (Å²) < 4.78 is 0. The Morgan fingerprint density at radius 1 is 0.0949 bits per heavy atom. The summed E-state index contributed by atoms with van der Waals surface area (Å²) in [6.07, 6.45) is 0. The molecule has 0 radical (unpaired) electrons. The molecule has 0 N–H and O–H groups in total. The van der Waals surface area contributed by atoms with Gasteiger partial charge >= 0.3 is 0 Å². The summed E-state index contributed by atoms with van der Waals surface area (Å²) >= 11 is 5.60. The molecule has 0 amide bonds. The molecule has 0 aliphatic rings. The van der Waals surface area contributed by atoms with E-state index in [1.807, 2.05) is 34.0 Å². The van der Waals surface area contributed by atoms with E-state index in [0.717, 1.165) is 0 Å². The number of hydrogen-bond donors (Lipinski definition) is 0. The van der Waals surface area contributed by atoms with E-state index in [0.29, 0.717) is 0 Å². The van der Waals surface area contributed by atoms with Crippen molar-refractivity contribution in [1.29, 1.82) is 0 Å². The highest BCUT2D eigenvalue weighted by molar-refractivity contribution is 7.20. The van der Waals surface area contributed by atoms with Crippen LogP contribution in [0.2, 0.25) is 0 Å². The van der Waals surface area contributed by atoms with E-state index >= 15 is 0 Å². The Hall–Kier alpha value is -16.8. The maximum atomic E-state index is 2.49. The number of thiophene rings is 3. The fourth-order valence-corrected chi connectivity index (χ4v) is 24.9. The van der Waals surface area contributed by atoms with E-state index in [1.165, 1.54) is 270 Å².